The second-order valence-corrected chi connectivity index (χ2v) is 23.0. The van der Waals surface area contributed by atoms with E-state index >= 15 is 0 Å². The van der Waals surface area contributed by atoms with E-state index in [0.29, 0.717) is 4.06 Å². The topological polar surface area (TPSA) is 29.5 Å². The van der Waals surface area contributed by atoms with Gasteiger partial charge in [0.05, 0.1) is 0 Å². The number of carbonyl (C=O) groups excluding carboxylic acids is 1. The summed E-state index contributed by atoms with van der Waals surface area (Å²) in [6, 6.07) is 0. The Labute approximate surface area is 161 Å². The summed E-state index contributed by atoms with van der Waals surface area (Å²) in [6.45, 7) is 13.8. The first kappa shape index (κ1) is 23.1. The Morgan fingerprint density at radius 1 is 1.00 bits per heavy atom. The summed E-state index contributed by atoms with van der Waals surface area (Å²) < 4.78 is 10.8. The van der Waals surface area contributed by atoms with Gasteiger partial charge in [-0.05, 0) is 0 Å². The summed E-state index contributed by atoms with van der Waals surface area (Å²) in [5.41, 5.74) is -0.390. The molecule has 1 atom stereocenters. The van der Waals surface area contributed by atoms with Gasteiger partial charge in [-0.25, -0.2) is 0 Å². The van der Waals surface area contributed by atoms with E-state index in [4.69, 9.17) is 4.74 Å². The van der Waals surface area contributed by atoms with Crippen molar-refractivity contribution in [3.8, 4) is 0 Å². The number of rotatable bonds is 10. The molecule has 4 heteroatoms. The van der Waals surface area contributed by atoms with E-state index in [1.54, 1.807) is 0 Å². The Bertz CT molecular complexity index is 370. The fourth-order valence-corrected chi connectivity index (χ4v) is 23.3. The van der Waals surface area contributed by atoms with Gasteiger partial charge in [-0.15, -0.1) is 0 Å². The molecule has 1 rings (SSSR count). The first-order valence-corrected chi connectivity index (χ1v) is 18.5. The van der Waals surface area contributed by atoms with Crippen LogP contribution in [0.2, 0.25) is 13.3 Å². The van der Waals surface area contributed by atoms with Crippen molar-refractivity contribution < 1.29 is 9.53 Å². The molecule has 0 radical (unpaired) electrons. The Morgan fingerprint density at radius 2 is 1.48 bits per heavy atom. The number of hydrogen-bond acceptors (Lipinski definition) is 2. The van der Waals surface area contributed by atoms with Crippen molar-refractivity contribution in [2.24, 2.45) is 0 Å². The van der Waals surface area contributed by atoms with Gasteiger partial charge in [-0.1, -0.05) is 0 Å². The van der Waals surface area contributed by atoms with Crippen LogP contribution in [0.4, 0.5) is 4.79 Å². The van der Waals surface area contributed by atoms with Crippen molar-refractivity contribution in [3.63, 3.8) is 0 Å². The van der Waals surface area contributed by atoms with E-state index in [1.807, 2.05) is 20.8 Å². The van der Waals surface area contributed by atoms with Crippen LogP contribution in [0.3, 0.4) is 0 Å². The summed E-state index contributed by atoms with van der Waals surface area (Å²) >= 11 is -2.42. The molecule has 0 aromatic carbocycles. The Kier molecular flexibility index (Phi) is 10.2. The van der Waals surface area contributed by atoms with Crippen LogP contribution in [0, 0.1) is 0 Å². The zero-order chi connectivity index (χ0) is 18.9. The van der Waals surface area contributed by atoms with Crippen molar-refractivity contribution >= 4 is 24.5 Å². The number of likely N-dealkylation sites (tertiary alicyclic amines) is 1. The summed E-state index contributed by atoms with van der Waals surface area (Å²) in [4.78, 5) is 15.1. The molecule has 1 aliphatic heterocycles. The van der Waals surface area contributed by atoms with Gasteiger partial charge in [0.15, 0.2) is 0 Å². The van der Waals surface area contributed by atoms with Crippen molar-refractivity contribution in [1.82, 2.24) is 4.90 Å². The molecular formula is C21H43NO2Sn. The maximum atomic E-state index is 12.9. The fraction of sp³-hybridized carbons (Fsp3) is 0.952. The SMILES string of the molecule is CCC[CH2][Sn]([CH2]CCC)([CH2]CCC)[C@@H]1CCCN1C(=O)OC(C)(C)C. The summed E-state index contributed by atoms with van der Waals surface area (Å²) in [5.74, 6) is 0. The quantitative estimate of drug-likeness (QED) is 0.337. The molecule has 0 spiro atoms. The van der Waals surface area contributed by atoms with Crippen LogP contribution in [-0.2, 0) is 4.74 Å². The van der Waals surface area contributed by atoms with Crippen LogP contribution in [-0.4, -0.2) is 45.6 Å². The van der Waals surface area contributed by atoms with Gasteiger partial charge in [0.1, 0.15) is 0 Å². The van der Waals surface area contributed by atoms with E-state index in [1.165, 1.54) is 64.7 Å². The van der Waals surface area contributed by atoms with Gasteiger partial charge in [0, 0.05) is 0 Å². The Morgan fingerprint density at radius 3 is 1.88 bits per heavy atom. The standard InChI is InChI=1S/C9H16NO2.3C4H9.Sn/c1-9(2,3)12-8(11)10-6-4-5-7-10;3*1-3-4-2;/h6H,4-5,7H2,1-3H3;3*1,3-4H2,2H3;. The normalized spacial score (nSPS) is 18.6. The Balaban J connectivity index is 3.04. The molecule has 25 heavy (non-hydrogen) atoms. The molecule has 0 aromatic rings. The minimum atomic E-state index is -2.42. The molecule has 1 fully saturated rings. The number of nitrogens with zero attached hydrogens (tertiary/aromatic N) is 1. The number of unbranched alkanes of at least 4 members (excludes halogenated alkanes) is 3. The minimum absolute atomic E-state index is 0.0411. The third-order valence-corrected chi connectivity index (χ3v) is 23.0. The summed E-state index contributed by atoms with van der Waals surface area (Å²) in [6.07, 6.45) is 10.3. The van der Waals surface area contributed by atoms with E-state index < -0.39 is 24.0 Å². The third-order valence-electron chi connectivity index (χ3n) is 5.67. The van der Waals surface area contributed by atoms with Gasteiger partial charge in [0.2, 0.25) is 0 Å². The third kappa shape index (κ3) is 7.30. The van der Waals surface area contributed by atoms with E-state index in [0.717, 1.165) is 6.54 Å². The molecule has 0 N–H and O–H groups in total. The van der Waals surface area contributed by atoms with Crippen LogP contribution in [0.5, 0.6) is 0 Å². The van der Waals surface area contributed by atoms with Gasteiger partial charge in [-0.3, -0.25) is 0 Å². The summed E-state index contributed by atoms with van der Waals surface area (Å²) in [5, 5.41) is 0. The maximum absolute atomic E-state index is 12.9. The number of hydrogen-bond donors (Lipinski definition) is 0. The van der Waals surface area contributed by atoms with Crippen LogP contribution in [0.1, 0.15) is 92.9 Å². The predicted octanol–water partition coefficient (Wildman–Crippen LogP) is 6.77. The zero-order valence-electron chi connectivity index (χ0n) is 17.8. The molecule has 0 aliphatic carbocycles. The second kappa shape index (κ2) is 11.0. The average Bonchev–Trinajstić information content (AvgIpc) is 3.03. The molecule has 0 aromatic heterocycles. The first-order valence-electron chi connectivity index (χ1n) is 10.8. The van der Waals surface area contributed by atoms with Crippen LogP contribution >= 0.6 is 0 Å². The fourth-order valence-electron chi connectivity index (χ4n) is 4.40. The molecule has 0 bridgehead atoms. The molecule has 3 nitrogen and oxygen atoms in total. The Hall–Kier alpha value is 0.0687. The van der Waals surface area contributed by atoms with Gasteiger partial charge < -0.3 is 0 Å². The summed E-state index contributed by atoms with van der Waals surface area (Å²) in [7, 11) is 0. The van der Waals surface area contributed by atoms with Crippen molar-refractivity contribution in [2.75, 3.05) is 6.54 Å². The van der Waals surface area contributed by atoms with Gasteiger partial charge in [0.25, 0.3) is 0 Å². The van der Waals surface area contributed by atoms with E-state index in [-0.39, 0.29) is 6.09 Å². The molecule has 0 unspecified atom stereocenters. The number of amides is 1. The number of ether oxygens (including phenoxy) is 1. The van der Waals surface area contributed by atoms with Crippen molar-refractivity contribution in [3.05, 3.63) is 0 Å². The molecule has 1 aliphatic rings. The van der Waals surface area contributed by atoms with Crippen molar-refractivity contribution in [1.29, 1.82) is 0 Å². The molecular weight excluding hydrogens is 417 g/mol. The van der Waals surface area contributed by atoms with Gasteiger partial charge in [-0.2, -0.15) is 0 Å². The molecule has 1 saturated heterocycles. The molecule has 1 amide bonds. The predicted molar refractivity (Wildman–Crippen MR) is 111 cm³/mol. The van der Waals surface area contributed by atoms with Crippen LogP contribution in [0.25, 0.3) is 0 Å². The van der Waals surface area contributed by atoms with E-state index in [2.05, 4.69) is 25.7 Å². The van der Waals surface area contributed by atoms with Crippen molar-refractivity contribution in [2.45, 2.75) is 116 Å². The van der Waals surface area contributed by atoms with Crippen LogP contribution < -0.4 is 0 Å². The second-order valence-electron chi connectivity index (χ2n) is 9.00. The first-order chi connectivity index (χ1) is 11.8. The molecule has 0 saturated carbocycles. The van der Waals surface area contributed by atoms with E-state index in [9.17, 15) is 4.79 Å². The zero-order valence-corrected chi connectivity index (χ0v) is 20.7. The molecule has 1 heterocycles. The number of carbonyl (C=O) groups is 1. The molecule has 148 valence electrons. The van der Waals surface area contributed by atoms with Gasteiger partial charge >= 0.3 is 161 Å². The van der Waals surface area contributed by atoms with Crippen LogP contribution in [0.15, 0.2) is 0 Å². The monoisotopic (exact) mass is 461 g/mol. The average molecular weight is 460 g/mol.